The number of nitriles is 1. The number of aromatic nitrogens is 2. The first kappa shape index (κ1) is 17.1. The molecule has 0 spiro atoms. The van der Waals surface area contributed by atoms with Gasteiger partial charge in [0.05, 0.1) is 18.2 Å². The number of anilines is 1. The normalized spacial score (nSPS) is 10.2. The van der Waals surface area contributed by atoms with Gasteiger partial charge in [-0.1, -0.05) is 30.3 Å². The molecule has 1 N–H and O–H groups in total. The summed E-state index contributed by atoms with van der Waals surface area (Å²) in [6, 6.07) is 19.6. The van der Waals surface area contributed by atoms with Gasteiger partial charge in [-0.2, -0.15) is 10.4 Å². The van der Waals surface area contributed by atoms with Gasteiger partial charge in [0.25, 0.3) is 5.91 Å². The number of para-hydroxylation sites is 1. The molecule has 0 atom stereocenters. The zero-order chi connectivity index (χ0) is 18.5. The number of carbonyl (C=O) groups excluding carboxylic acids is 1. The summed E-state index contributed by atoms with van der Waals surface area (Å²) in [6.45, 7) is 1.76. The Morgan fingerprint density at radius 2 is 1.85 bits per heavy atom. The van der Waals surface area contributed by atoms with Crippen molar-refractivity contribution in [2.45, 2.75) is 13.3 Å². The van der Waals surface area contributed by atoms with Crippen LogP contribution >= 0.6 is 0 Å². The van der Waals surface area contributed by atoms with Gasteiger partial charge >= 0.3 is 0 Å². The van der Waals surface area contributed by atoms with Crippen LogP contribution in [0.15, 0.2) is 65.5 Å². The molecule has 2 aromatic carbocycles. The van der Waals surface area contributed by atoms with Crippen molar-refractivity contribution in [2.24, 2.45) is 0 Å². The van der Waals surface area contributed by atoms with E-state index in [1.165, 1.54) is 6.07 Å². The monoisotopic (exact) mass is 344 g/mol. The number of aryl methyl sites for hydroxylation is 1. The highest BCUT2D eigenvalue weighted by molar-refractivity contribution is 6.02. The van der Waals surface area contributed by atoms with E-state index in [2.05, 4.69) is 16.5 Å². The summed E-state index contributed by atoms with van der Waals surface area (Å²) in [5.41, 5.74) is 2.17. The number of rotatable bonds is 4. The van der Waals surface area contributed by atoms with Crippen molar-refractivity contribution in [3.63, 3.8) is 0 Å². The minimum Gasteiger partial charge on any atom is -0.320 e. The van der Waals surface area contributed by atoms with Gasteiger partial charge in [-0.3, -0.25) is 9.59 Å². The van der Waals surface area contributed by atoms with Crippen LogP contribution in [-0.2, 0) is 6.42 Å². The smallest absolute Gasteiger partial charge is 0.280 e. The molecule has 0 aliphatic carbocycles. The summed E-state index contributed by atoms with van der Waals surface area (Å²) in [5.74, 6) is -0.576. The summed E-state index contributed by atoms with van der Waals surface area (Å²) in [6.07, 6.45) is 0.301. The molecule has 0 radical (unpaired) electrons. The van der Waals surface area contributed by atoms with Gasteiger partial charge in [0.2, 0.25) is 5.43 Å². The summed E-state index contributed by atoms with van der Waals surface area (Å²) in [5, 5.41) is 15.6. The summed E-state index contributed by atoms with van der Waals surface area (Å²) < 4.78 is 1.56. The van der Waals surface area contributed by atoms with E-state index in [9.17, 15) is 9.59 Å². The Bertz CT molecular complexity index is 1030. The fourth-order valence-corrected chi connectivity index (χ4v) is 2.52. The third-order valence-corrected chi connectivity index (χ3v) is 3.82. The summed E-state index contributed by atoms with van der Waals surface area (Å²) in [7, 11) is 0. The van der Waals surface area contributed by atoms with Crippen molar-refractivity contribution in [3.05, 3.63) is 87.8 Å². The first-order valence-electron chi connectivity index (χ1n) is 8.02. The highest BCUT2D eigenvalue weighted by atomic mass is 16.2. The van der Waals surface area contributed by atoms with Crippen LogP contribution in [0.3, 0.4) is 0 Å². The van der Waals surface area contributed by atoms with E-state index >= 15 is 0 Å². The van der Waals surface area contributed by atoms with Gasteiger partial charge in [-0.05, 0) is 36.8 Å². The van der Waals surface area contributed by atoms with Crippen LogP contribution in [-0.4, -0.2) is 15.7 Å². The van der Waals surface area contributed by atoms with Crippen LogP contribution in [0.2, 0.25) is 0 Å². The largest absolute Gasteiger partial charge is 0.320 e. The lowest BCUT2D eigenvalue weighted by Gasteiger charge is -2.11. The number of hydrogen-bond acceptors (Lipinski definition) is 4. The topological polar surface area (TPSA) is 87.8 Å². The third-order valence-electron chi connectivity index (χ3n) is 3.82. The molecule has 0 fully saturated rings. The molecular formula is C20H16N4O2. The average molecular weight is 344 g/mol. The molecule has 0 bridgehead atoms. The summed E-state index contributed by atoms with van der Waals surface area (Å²) in [4.78, 5) is 24.7. The van der Waals surface area contributed by atoms with E-state index in [4.69, 9.17) is 5.26 Å². The van der Waals surface area contributed by atoms with Gasteiger partial charge in [-0.25, -0.2) is 4.68 Å². The zero-order valence-electron chi connectivity index (χ0n) is 14.1. The number of hydrogen-bond donors (Lipinski definition) is 1. The molecule has 0 saturated carbocycles. The van der Waals surface area contributed by atoms with Crippen molar-refractivity contribution in [1.29, 1.82) is 5.26 Å². The summed E-state index contributed by atoms with van der Waals surface area (Å²) >= 11 is 0. The molecule has 128 valence electrons. The van der Waals surface area contributed by atoms with Gasteiger partial charge in [0.15, 0.2) is 5.69 Å². The Hall–Kier alpha value is -3.72. The van der Waals surface area contributed by atoms with Crippen LogP contribution in [0.5, 0.6) is 0 Å². The number of amides is 1. The lowest BCUT2D eigenvalue weighted by atomic mass is 10.1. The minimum atomic E-state index is -0.576. The maximum Gasteiger partial charge on any atom is 0.280 e. The molecule has 0 aliphatic rings. The molecule has 1 aromatic heterocycles. The maximum absolute atomic E-state index is 12.5. The predicted molar refractivity (Wildman–Crippen MR) is 98.3 cm³/mol. The van der Waals surface area contributed by atoms with Crippen LogP contribution in [0.1, 0.15) is 21.7 Å². The second-order valence-corrected chi connectivity index (χ2v) is 5.73. The lowest BCUT2D eigenvalue weighted by Crippen LogP contribution is -2.26. The Balaban J connectivity index is 1.90. The number of benzene rings is 2. The van der Waals surface area contributed by atoms with Crippen LogP contribution in [0.4, 0.5) is 5.69 Å². The van der Waals surface area contributed by atoms with E-state index in [0.29, 0.717) is 17.8 Å². The van der Waals surface area contributed by atoms with Gasteiger partial charge in [-0.15, -0.1) is 0 Å². The highest BCUT2D eigenvalue weighted by Gasteiger charge is 2.15. The SMILES string of the molecule is Cc1cc(=O)c(C(=O)Nc2ccc(CC#N)cc2)nn1-c1ccccc1. The quantitative estimate of drug-likeness (QED) is 0.788. The lowest BCUT2D eigenvalue weighted by molar-refractivity contribution is 0.101. The molecule has 1 heterocycles. The van der Waals surface area contributed by atoms with Crippen molar-refractivity contribution >= 4 is 11.6 Å². The number of nitrogens with zero attached hydrogens (tertiary/aromatic N) is 3. The van der Waals surface area contributed by atoms with Gasteiger partial charge < -0.3 is 5.32 Å². The molecule has 0 saturated heterocycles. The molecule has 6 heteroatoms. The second kappa shape index (κ2) is 7.45. The minimum absolute atomic E-state index is 0.180. The maximum atomic E-state index is 12.5. The van der Waals surface area contributed by atoms with Crippen molar-refractivity contribution in [2.75, 3.05) is 5.32 Å². The molecule has 6 nitrogen and oxygen atoms in total. The number of nitrogens with one attached hydrogen (secondary N) is 1. The van der Waals surface area contributed by atoms with E-state index in [1.54, 1.807) is 35.9 Å². The Labute approximate surface area is 150 Å². The Kier molecular flexibility index (Phi) is 4.90. The third kappa shape index (κ3) is 3.68. The van der Waals surface area contributed by atoms with Crippen molar-refractivity contribution in [3.8, 4) is 11.8 Å². The van der Waals surface area contributed by atoms with Crippen LogP contribution < -0.4 is 10.7 Å². The average Bonchev–Trinajstić information content (AvgIpc) is 2.64. The van der Waals surface area contributed by atoms with E-state index < -0.39 is 11.3 Å². The molecule has 3 rings (SSSR count). The van der Waals surface area contributed by atoms with E-state index in [0.717, 1.165) is 11.3 Å². The van der Waals surface area contributed by atoms with E-state index in [-0.39, 0.29) is 5.69 Å². The van der Waals surface area contributed by atoms with Gasteiger partial charge in [0, 0.05) is 17.4 Å². The molecule has 0 aliphatic heterocycles. The first-order valence-corrected chi connectivity index (χ1v) is 8.02. The zero-order valence-corrected chi connectivity index (χ0v) is 14.1. The fraction of sp³-hybridized carbons (Fsp3) is 0.100. The standard InChI is InChI=1S/C20H16N4O2/c1-14-13-18(25)19(23-24(14)17-5-3-2-4-6-17)20(26)22-16-9-7-15(8-10-16)11-12-21/h2-10,13H,11H2,1H3,(H,22,26). The molecule has 3 aromatic rings. The molecule has 1 amide bonds. The Morgan fingerprint density at radius 1 is 1.15 bits per heavy atom. The van der Waals surface area contributed by atoms with Crippen LogP contribution in [0, 0.1) is 18.3 Å². The Morgan fingerprint density at radius 3 is 2.50 bits per heavy atom. The molecule has 0 unspecified atom stereocenters. The molecule has 26 heavy (non-hydrogen) atoms. The van der Waals surface area contributed by atoms with Crippen molar-refractivity contribution < 1.29 is 4.79 Å². The second-order valence-electron chi connectivity index (χ2n) is 5.73. The van der Waals surface area contributed by atoms with E-state index in [1.807, 2.05) is 30.3 Å². The molecular weight excluding hydrogens is 328 g/mol. The highest BCUT2D eigenvalue weighted by Crippen LogP contribution is 2.12. The van der Waals surface area contributed by atoms with Gasteiger partial charge in [0.1, 0.15) is 0 Å². The number of carbonyl (C=O) groups is 1. The fourth-order valence-electron chi connectivity index (χ4n) is 2.52. The first-order chi connectivity index (χ1) is 12.6. The van der Waals surface area contributed by atoms with Crippen molar-refractivity contribution in [1.82, 2.24) is 9.78 Å². The predicted octanol–water partition coefficient (Wildman–Crippen LogP) is 2.86. The van der Waals surface area contributed by atoms with Crippen LogP contribution in [0.25, 0.3) is 5.69 Å².